The zero-order valence-corrected chi connectivity index (χ0v) is 7.74. The Balaban J connectivity index is 4.52. The van der Waals surface area contributed by atoms with Crippen molar-refractivity contribution in [2.75, 3.05) is 0 Å². The Morgan fingerprint density at radius 3 is 2.31 bits per heavy atom. The fraction of sp³-hybridized carbons (Fsp3) is 0.750. The average molecular weight is 190 g/mol. The van der Waals surface area contributed by atoms with Crippen LogP contribution in [0, 0.1) is 5.41 Å². The molecule has 1 atom stereocenters. The molecule has 0 aliphatic carbocycles. The molecule has 0 bridgehead atoms. The topological polar surface area (TPSA) is 83.8 Å². The third-order valence-corrected chi connectivity index (χ3v) is 2.04. The first-order valence-corrected chi connectivity index (χ1v) is 4.08. The molecule has 5 nitrogen and oxygen atoms in total. The number of carbonyl (C=O) groups is 2. The molecule has 13 heavy (non-hydrogen) atoms. The van der Waals surface area contributed by atoms with Crippen LogP contribution in [-0.4, -0.2) is 22.3 Å². The van der Waals surface area contributed by atoms with Crippen molar-refractivity contribution in [3.63, 3.8) is 0 Å². The number of aliphatic carboxylic acids is 1. The molecule has 76 valence electrons. The summed E-state index contributed by atoms with van der Waals surface area (Å²) in [4.78, 5) is 25.1. The number of carbonyl (C=O) groups excluding carboxylic acids is 1. The van der Waals surface area contributed by atoms with Crippen LogP contribution >= 0.6 is 0 Å². The van der Waals surface area contributed by atoms with Gasteiger partial charge in [0.2, 0.25) is 0 Å². The molecular weight excluding hydrogens is 176 g/mol. The summed E-state index contributed by atoms with van der Waals surface area (Å²) in [5, 5.41) is 16.9. The van der Waals surface area contributed by atoms with Crippen molar-refractivity contribution < 1.29 is 24.8 Å². The maximum atomic E-state index is 10.9. The Morgan fingerprint density at radius 2 is 2.00 bits per heavy atom. The summed E-state index contributed by atoms with van der Waals surface area (Å²) in [6.45, 7) is 3.12. The molecule has 0 amide bonds. The highest BCUT2D eigenvalue weighted by atomic mass is 17.1. The van der Waals surface area contributed by atoms with Gasteiger partial charge in [-0.15, -0.1) is 0 Å². The summed E-state index contributed by atoms with van der Waals surface area (Å²) in [6.07, 6.45) is 1.54. The van der Waals surface area contributed by atoms with Crippen LogP contribution in [0.3, 0.4) is 0 Å². The summed E-state index contributed by atoms with van der Waals surface area (Å²) in [7, 11) is 0. The molecule has 0 radical (unpaired) electrons. The highest BCUT2D eigenvalue weighted by Gasteiger charge is 2.42. The van der Waals surface area contributed by atoms with E-state index in [2.05, 4.69) is 4.89 Å². The van der Waals surface area contributed by atoms with Crippen molar-refractivity contribution >= 4 is 11.9 Å². The summed E-state index contributed by atoms with van der Waals surface area (Å²) >= 11 is 0. The van der Waals surface area contributed by atoms with Crippen LogP contribution in [0.2, 0.25) is 0 Å². The summed E-state index contributed by atoms with van der Waals surface area (Å²) < 4.78 is 0. The minimum atomic E-state index is -1.63. The Morgan fingerprint density at radius 1 is 1.46 bits per heavy atom. The van der Waals surface area contributed by atoms with Crippen molar-refractivity contribution in [2.45, 2.75) is 33.1 Å². The molecule has 0 rings (SSSR count). The number of hydrogen-bond donors (Lipinski definition) is 2. The van der Waals surface area contributed by atoms with Crippen LogP contribution in [-0.2, 0) is 14.5 Å². The van der Waals surface area contributed by atoms with Gasteiger partial charge in [-0.2, -0.15) is 5.26 Å². The molecule has 0 aromatic heterocycles. The molecule has 0 unspecified atom stereocenters. The number of rotatable bonds is 5. The van der Waals surface area contributed by atoms with E-state index in [-0.39, 0.29) is 6.42 Å². The van der Waals surface area contributed by atoms with Crippen molar-refractivity contribution in [3.05, 3.63) is 0 Å². The highest BCUT2D eigenvalue weighted by Crippen LogP contribution is 2.25. The standard InChI is InChI=1S/C8H14O5/c1-3-4-5-8(2,6(9)10)7(11)13-12/h12H,3-5H2,1-2H3,(H,9,10)/t8-/m1/s1. The second kappa shape index (κ2) is 4.81. The zero-order chi connectivity index (χ0) is 10.5. The van der Waals surface area contributed by atoms with Gasteiger partial charge < -0.3 is 5.11 Å². The molecule has 0 saturated heterocycles. The van der Waals surface area contributed by atoms with E-state index in [0.717, 1.165) is 6.42 Å². The normalized spacial score (nSPS) is 14.7. The summed E-state index contributed by atoms with van der Waals surface area (Å²) in [6, 6.07) is 0. The molecule has 0 aromatic carbocycles. The molecule has 0 saturated carbocycles. The van der Waals surface area contributed by atoms with Crippen LogP contribution in [0.5, 0.6) is 0 Å². The van der Waals surface area contributed by atoms with Gasteiger partial charge >= 0.3 is 11.9 Å². The molecule has 0 aliphatic rings. The van der Waals surface area contributed by atoms with Crippen molar-refractivity contribution in [1.82, 2.24) is 0 Å². The third-order valence-electron chi connectivity index (χ3n) is 2.04. The number of carboxylic acids is 1. The van der Waals surface area contributed by atoms with Crippen LogP contribution in [0.1, 0.15) is 33.1 Å². The average Bonchev–Trinajstić information content (AvgIpc) is 2.12. The van der Waals surface area contributed by atoms with Gasteiger partial charge in [-0.25, -0.2) is 4.79 Å². The third kappa shape index (κ3) is 2.69. The van der Waals surface area contributed by atoms with Crippen LogP contribution in [0.15, 0.2) is 0 Å². The Labute approximate surface area is 76.2 Å². The van der Waals surface area contributed by atoms with Crippen molar-refractivity contribution in [3.8, 4) is 0 Å². The lowest BCUT2D eigenvalue weighted by molar-refractivity contribution is -0.245. The predicted octanol–water partition coefficient (Wildman–Crippen LogP) is 1.28. The van der Waals surface area contributed by atoms with Gasteiger partial charge in [0.15, 0.2) is 5.41 Å². The lowest BCUT2D eigenvalue weighted by atomic mass is 9.85. The van der Waals surface area contributed by atoms with E-state index in [1.54, 1.807) is 0 Å². The maximum Gasteiger partial charge on any atom is 0.359 e. The molecule has 0 heterocycles. The largest absolute Gasteiger partial charge is 0.480 e. The van der Waals surface area contributed by atoms with E-state index in [1.807, 2.05) is 6.92 Å². The van der Waals surface area contributed by atoms with Gasteiger partial charge in [0.25, 0.3) is 0 Å². The smallest absolute Gasteiger partial charge is 0.359 e. The number of carboxylic acid groups (broad SMARTS) is 1. The van der Waals surface area contributed by atoms with Gasteiger partial charge in [0.1, 0.15) is 0 Å². The van der Waals surface area contributed by atoms with Gasteiger partial charge in [-0.1, -0.05) is 19.8 Å². The lowest BCUT2D eigenvalue weighted by Crippen LogP contribution is -2.37. The van der Waals surface area contributed by atoms with Gasteiger partial charge in [-0.3, -0.25) is 9.68 Å². The number of hydrogen-bond acceptors (Lipinski definition) is 4. The molecular formula is C8H14O5. The Hall–Kier alpha value is -1.10. The zero-order valence-electron chi connectivity index (χ0n) is 7.74. The second-order valence-corrected chi connectivity index (χ2v) is 3.12. The van der Waals surface area contributed by atoms with Crippen LogP contribution in [0.25, 0.3) is 0 Å². The minimum Gasteiger partial charge on any atom is -0.480 e. The summed E-state index contributed by atoms with van der Waals surface area (Å²) in [5.41, 5.74) is -1.63. The van der Waals surface area contributed by atoms with Gasteiger partial charge in [-0.05, 0) is 13.3 Å². The molecule has 0 spiro atoms. The SMILES string of the molecule is CCCC[C@](C)(C(=O)O)C(=O)OO. The summed E-state index contributed by atoms with van der Waals surface area (Å²) in [5.74, 6) is -2.39. The van der Waals surface area contributed by atoms with Gasteiger partial charge in [0, 0.05) is 0 Å². The van der Waals surface area contributed by atoms with E-state index in [1.165, 1.54) is 6.92 Å². The van der Waals surface area contributed by atoms with E-state index >= 15 is 0 Å². The first kappa shape index (κ1) is 11.9. The second-order valence-electron chi connectivity index (χ2n) is 3.12. The molecule has 5 heteroatoms. The first-order valence-electron chi connectivity index (χ1n) is 4.08. The van der Waals surface area contributed by atoms with E-state index in [4.69, 9.17) is 10.4 Å². The molecule has 2 N–H and O–H groups in total. The number of unbranched alkanes of at least 4 members (excludes halogenated alkanes) is 1. The Kier molecular flexibility index (Phi) is 4.40. The van der Waals surface area contributed by atoms with Crippen molar-refractivity contribution in [2.24, 2.45) is 5.41 Å². The molecule has 0 fully saturated rings. The molecule has 0 aromatic rings. The lowest BCUT2D eigenvalue weighted by Gasteiger charge is -2.19. The Bertz CT molecular complexity index is 201. The van der Waals surface area contributed by atoms with Crippen molar-refractivity contribution in [1.29, 1.82) is 0 Å². The van der Waals surface area contributed by atoms with E-state index in [0.29, 0.717) is 6.42 Å². The fourth-order valence-electron chi connectivity index (χ4n) is 0.927. The van der Waals surface area contributed by atoms with E-state index in [9.17, 15) is 9.59 Å². The van der Waals surface area contributed by atoms with E-state index < -0.39 is 17.4 Å². The monoisotopic (exact) mass is 190 g/mol. The maximum absolute atomic E-state index is 10.9. The van der Waals surface area contributed by atoms with Gasteiger partial charge in [0.05, 0.1) is 0 Å². The first-order chi connectivity index (χ1) is 5.99. The predicted molar refractivity (Wildman–Crippen MR) is 44.0 cm³/mol. The quantitative estimate of drug-likeness (QED) is 0.387. The fourth-order valence-corrected chi connectivity index (χ4v) is 0.927. The van der Waals surface area contributed by atoms with Crippen LogP contribution in [0.4, 0.5) is 0 Å². The minimum absolute atomic E-state index is 0.165. The highest BCUT2D eigenvalue weighted by molar-refractivity contribution is 5.98. The van der Waals surface area contributed by atoms with Crippen LogP contribution < -0.4 is 0 Å². The molecule has 0 aliphatic heterocycles.